The average Bonchev–Trinajstić information content (AvgIpc) is 2.64. The summed E-state index contributed by atoms with van der Waals surface area (Å²) in [5.41, 5.74) is 0. The maximum atomic E-state index is 5.75. The third kappa shape index (κ3) is 2.24. The largest absolute Gasteiger partial charge is 0.467 e. The van der Waals surface area contributed by atoms with E-state index in [0.717, 1.165) is 4.88 Å². The second kappa shape index (κ2) is 4.12. The molecule has 6 heteroatoms. The highest BCUT2D eigenvalue weighted by Gasteiger charge is 2.08. The zero-order valence-corrected chi connectivity index (χ0v) is 9.76. The van der Waals surface area contributed by atoms with Crippen LogP contribution in [0.5, 0.6) is 6.01 Å². The van der Waals surface area contributed by atoms with E-state index < -0.39 is 0 Å². The first-order valence-corrected chi connectivity index (χ1v) is 5.41. The van der Waals surface area contributed by atoms with Crippen molar-refractivity contribution in [2.45, 2.75) is 6.92 Å². The quantitative estimate of drug-likeness (QED) is 0.811. The van der Waals surface area contributed by atoms with Crippen molar-refractivity contribution in [3.8, 4) is 16.7 Å². The number of hydrogen-bond acceptors (Lipinski definition) is 5. The molecule has 0 bridgehead atoms. The maximum Gasteiger partial charge on any atom is 0.321 e. The summed E-state index contributed by atoms with van der Waals surface area (Å²) in [5.74, 6) is 0.546. The Labute approximate surface area is 95.9 Å². The number of thiophene rings is 1. The lowest BCUT2D eigenvalue weighted by molar-refractivity contribution is 0.379. The Morgan fingerprint density at radius 3 is 2.67 bits per heavy atom. The van der Waals surface area contributed by atoms with Crippen LogP contribution in [0.2, 0.25) is 5.28 Å². The lowest BCUT2D eigenvalue weighted by Gasteiger charge is -2.00. The third-order valence-electron chi connectivity index (χ3n) is 1.73. The molecule has 0 fully saturated rings. The smallest absolute Gasteiger partial charge is 0.321 e. The summed E-state index contributed by atoms with van der Waals surface area (Å²) in [4.78, 5) is 14.1. The molecule has 2 heterocycles. The standard InChI is InChI=1S/C9H8ClN3OS/c1-5-3-4-6(15-5)7-11-8(10)13-9(12-7)14-2/h3-4H,1-2H3. The highest BCUT2D eigenvalue weighted by Crippen LogP contribution is 2.26. The lowest BCUT2D eigenvalue weighted by Crippen LogP contribution is -1.96. The fourth-order valence-corrected chi connectivity index (χ4v) is 2.04. The number of aromatic nitrogens is 3. The third-order valence-corrected chi connectivity index (χ3v) is 2.90. The van der Waals surface area contributed by atoms with Gasteiger partial charge < -0.3 is 4.74 Å². The molecule has 2 rings (SSSR count). The van der Waals surface area contributed by atoms with Crippen LogP contribution in [0.25, 0.3) is 10.7 Å². The van der Waals surface area contributed by atoms with Gasteiger partial charge in [-0.25, -0.2) is 0 Å². The van der Waals surface area contributed by atoms with Gasteiger partial charge in [0.15, 0.2) is 5.82 Å². The molecule has 78 valence electrons. The fourth-order valence-electron chi connectivity index (χ4n) is 1.09. The Hall–Kier alpha value is -1.20. The Morgan fingerprint density at radius 1 is 1.27 bits per heavy atom. The second-order valence-electron chi connectivity index (χ2n) is 2.83. The van der Waals surface area contributed by atoms with Crippen molar-refractivity contribution in [2.75, 3.05) is 7.11 Å². The van der Waals surface area contributed by atoms with Gasteiger partial charge in [0.05, 0.1) is 12.0 Å². The normalized spacial score (nSPS) is 10.3. The van der Waals surface area contributed by atoms with E-state index in [4.69, 9.17) is 16.3 Å². The topological polar surface area (TPSA) is 47.9 Å². The number of ether oxygens (including phenoxy) is 1. The van der Waals surface area contributed by atoms with E-state index in [1.807, 2.05) is 19.1 Å². The van der Waals surface area contributed by atoms with Gasteiger partial charge in [0.1, 0.15) is 0 Å². The van der Waals surface area contributed by atoms with Crippen LogP contribution in [0.3, 0.4) is 0 Å². The van der Waals surface area contributed by atoms with Gasteiger partial charge >= 0.3 is 6.01 Å². The Balaban J connectivity index is 2.48. The van der Waals surface area contributed by atoms with Crippen molar-refractivity contribution >= 4 is 22.9 Å². The number of nitrogens with zero attached hydrogens (tertiary/aromatic N) is 3. The van der Waals surface area contributed by atoms with E-state index in [1.54, 1.807) is 11.3 Å². The maximum absolute atomic E-state index is 5.75. The molecule has 0 aliphatic carbocycles. The molecule has 0 saturated carbocycles. The van der Waals surface area contributed by atoms with E-state index in [-0.39, 0.29) is 11.3 Å². The minimum atomic E-state index is 0.142. The number of methoxy groups -OCH3 is 1. The SMILES string of the molecule is COc1nc(Cl)nc(-c2ccc(C)s2)n1. The molecule has 0 saturated heterocycles. The molecule has 0 spiro atoms. The first-order valence-electron chi connectivity index (χ1n) is 4.21. The minimum Gasteiger partial charge on any atom is -0.467 e. The summed E-state index contributed by atoms with van der Waals surface area (Å²) in [7, 11) is 1.50. The van der Waals surface area contributed by atoms with Crippen molar-refractivity contribution in [1.82, 2.24) is 15.0 Å². The van der Waals surface area contributed by atoms with Crippen LogP contribution >= 0.6 is 22.9 Å². The molecule has 0 aromatic carbocycles. The summed E-state index contributed by atoms with van der Waals surface area (Å²) in [6, 6.07) is 4.19. The molecule has 0 aliphatic rings. The van der Waals surface area contributed by atoms with Crippen LogP contribution in [0.1, 0.15) is 4.88 Å². The van der Waals surface area contributed by atoms with Gasteiger partial charge in [-0.15, -0.1) is 11.3 Å². The van der Waals surface area contributed by atoms with Crippen LogP contribution in [0.4, 0.5) is 0 Å². The van der Waals surface area contributed by atoms with E-state index in [1.165, 1.54) is 12.0 Å². The minimum absolute atomic E-state index is 0.142. The predicted molar refractivity (Wildman–Crippen MR) is 59.4 cm³/mol. The predicted octanol–water partition coefficient (Wildman–Crippen LogP) is 2.57. The van der Waals surface area contributed by atoms with Crippen molar-refractivity contribution in [3.05, 3.63) is 22.3 Å². The molecule has 0 amide bonds. The number of hydrogen-bond donors (Lipinski definition) is 0. The summed E-state index contributed by atoms with van der Waals surface area (Å²) < 4.78 is 4.92. The van der Waals surface area contributed by atoms with Gasteiger partial charge in [-0.1, -0.05) is 0 Å². The molecular formula is C9H8ClN3OS. The summed E-state index contributed by atoms with van der Waals surface area (Å²) >= 11 is 7.35. The molecular weight excluding hydrogens is 234 g/mol. The number of rotatable bonds is 2. The first-order chi connectivity index (χ1) is 7.19. The van der Waals surface area contributed by atoms with Crippen molar-refractivity contribution in [2.24, 2.45) is 0 Å². The zero-order valence-electron chi connectivity index (χ0n) is 8.19. The summed E-state index contributed by atoms with van der Waals surface area (Å²) in [5, 5.41) is 0.142. The van der Waals surface area contributed by atoms with E-state index >= 15 is 0 Å². The monoisotopic (exact) mass is 241 g/mol. The molecule has 15 heavy (non-hydrogen) atoms. The van der Waals surface area contributed by atoms with Crippen molar-refractivity contribution < 1.29 is 4.74 Å². The van der Waals surface area contributed by atoms with Crippen LogP contribution in [-0.2, 0) is 0 Å². The molecule has 2 aromatic heterocycles. The van der Waals surface area contributed by atoms with Crippen molar-refractivity contribution in [1.29, 1.82) is 0 Å². The van der Waals surface area contributed by atoms with Gasteiger partial charge in [0, 0.05) is 4.88 Å². The molecule has 0 N–H and O–H groups in total. The van der Waals surface area contributed by atoms with E-state index in [2.05, 4.69) is 15.0 Å². The number of aryl methyl sites for hydroxylation is 1. The molecule has 4 nitrogen and oxygen atoms in total. The Bertz CT molecular complexity index is 486. The molecule has 0 aliphatic heterocycles. The summed E-state index contributed by atoms with van der Waals surface area (Å²) in [6.45, 7) is 2.02. The Kier molecular flexibility index (Phi) is 2.83. The average molecular weight is 242 g/mol. The van der Waals surface area contributed by atoms with Crippen LogP contribution < -0.4 is 4.74 Å². The second-order valence-corrected chi connectivity index (χ2v) is 4.45. The highest BCUT2D eigenvalue weighted by molar-refractivity contribution is 7.15. The van der Waals surface area contributed by atoms with Crippen molar-refractivity contribution in [3.63, 3.8) is 0 Å². The van der Waals surface area contributed by atoms with Crippen LogP contribution in [0, 0.1) is 6.92 Å². The summed E-state index contributed by atoms with van der Waals surface area (Å²) in [6.07, 6.45) is 0. The first kappa shape index (κ1) is 10.3. The number of halogens is 1. The fraction of sp³-hybridized carbons (Fsp3) is 0.222. The van der Waals surface area contributed by atoms with Crippen LogP contribution in [0.15, 0.2) is 12.1 Å². The van der Waals surface area contributed by atoms with E-state index in [0.29, 0.717) is 5.82 Å². The molecule has 2 aromatic rings. The van der Waals surface area contributed by atoms with Gasteiger partial charge in [-0.2, -0.15) is 15.0 Å². The Morgan fingerprint density at radius 2 is 2.07 bits per heavy atom. The van der Waals surface area contributed by atoms with Crippen LogP contribution in [-0.4, -0.2) is 22.1 Å². The van der Waals surface area contributed by atoms with Gasteiger partial charge in [0.25, 0.3) is 0 Å². The molecule has 0 radical (unpaired) electrons. The van der Waals surface area contributed by atoms with E-state index in [9.17, 15) is 0 Å². The molecule has 0 unspecified atom stereocenters. The lowest BCUT2D eigenvalue weighted by atomic mass is 10.4. The van der Waals surface area contributed by atoms with Gasteiger partial charge in [0.2, 0.25) is 5.28 Å². The van der Waals surface area contributed by atoms with Gasteiger partial charge in [-0.3, -0.25) is 0 Å². The van der Waals surface area contributed by atoms with Gasteiger partial charge in [-0.05, 0) is 30.7 Å². The highest BCUT2D eigenvalue weighted by atomic mass is 35.5. The zero-order chi connectivity index (χ0) is 10.8. The molecule has 0 atom stereocenters.